The van der Waals surface area contributed by atoms with Crippen LogP contribution in [-0.2, 0) is 0 Å². The Labute approximate surface area is 122 Å². The van der Waals surface area contributed by atoms with Crippen LogP contribution < -0.4 is 0 Å². The number of benzene rings is 1. The lowest BCUT2D eigenvalue weighted by atomic mass is 10.1. The summed E-state index contributed by atoms with van der Waals surface area (Å²) in [5.41, 5.74) is 1.07. The van der Waals surface area contributed by atoms with Gasteiger partial charge in [0.25, 0.3) is 0 Å². The van der Waals surface area contributed by atoms with E-state index in [1.54, 1.807) is 0 Å². The van der Waals surface area contributed by atoms with Gasteiger partial charge in [-0.3, -0.25) is 0 Å². The van der Waals surface area contributed by atoms with Gasteiger partial charge in [0, 0.05) is 5.56 Å². The van der Waals surface area contributed by atoms with E-state index in [4.69, 9.17) is 5.11 Å². The van der Waals surface area contributed by atoms with Crippen molar-refractivity contribution in [3.05, 3.63) is 35.9 Å². The van der Waals surface area contributed by atoms with Crippen molar-refractivity contribution >= 4 is 0 Å². The molecule has 1 saturated heterocycles. The van der Waals surface area contributed by atoms with Crippen LogP contribution in [0.4, 0.5) is 0 Å². The summed E-state index contributed by atoms with van der Waals surface area (Å²) < 4.78 is 0.965. The van der Waals surface area contributed by atoms with Crippen LogP contribution >= 0.6 is 0 Å². The summed E-state index contributed by atoms with van der Waals surface area (Å²) in [6.07, 6.45) is 3.83. The van der Waals surface area contributed by atoms with E-state index in [0.29, 0.717) is 0 Å². The Balaban J connectivity index is 2.02. The smallest absolute Gasteiger partial charge is 0.142 e. The standard InChI is InChI=1S/C18H22NO/c20-17-8-7-15-19(13-5-2-6-14-19)16-9-12-18-10-3-1-4-11-18/h1,3-4,10-11,20H,2,5-6,13-17H2/q+1. The zero-order valence-corrected chi connectivity index (χ0v) is 11.9. The first-order valence-electron chi connectivity index (χ1n) is 7.30. The van der Waals surface area contributed by atoms with E-state index in [1.165, 1.54) is 19.3 Å². The van der Waals surface area contributed by atoms with Crippen LogP contribution in [0.5, 0.6) is 0 Å². The minimum Gasteiger partial charge on any atom is -0.384 e. The van der Waals surface area contributed by atoms with E-state index in [9.17, 15) is 0 Å². The molecule has 1 N–H and O–H groups in total. The second-order valence-electron chi connectivity index (χ2n) is 5.35. The van der Waals surface area contributed by atoms with Gasteiger partial charge in [-0.1, -0.05) is 30.0 Å². The molecule has 0 aromatic heterocycles. The van der Waals surface area contributed by atoms with Crippen molar-refractivity contribution in [1.82, 2.24) is 0 Å². The van der Waals surface area contributed by atoms with Crippen molar-refractivity contribution < 1.29 is 9.59 Å². The average Bonchev–Trinajstić information content (AvgIpc) is 2.50. The van der Waals surface area contributed by atoms with Gasteiger partial charge >= 0.3 is 0 Å². The predicted octanol–water partition coefficient (Wildman–Crippen LogP) is 2.03. The van der Waals surface area contributed by atoms with Gasteiger partial charge < -0.3 is 9.59 Å². The van der Waals surface area contributed by atoms with Crippen molar-refractivity contribution in [2.24, 2.45) is 0 Å². The van der Waals surface area contributed by atoms with Crippen LogP contribution in [0.15, 0.2) is 30.3 Å². The Bertz CT molecular complexity index is 521. The Morgan fingerprint density at radius 3 is 2.30 bits per heavy atom. The van der Waals surface area contributed by atoms with Crippen LogP contribution in [-0.4, -0.2) is 42.4 Å². The summed E-state index contributed by atoms with van der Waals surface area (Å²) in [6, 6.07) is 10.1. The third kappa shape index (κ3) is 4.42. The Morgan fingerprint density at radius 2 is 1.60 bits per heavy atom. The van der Waals surface area contributed by atoms with Crippen molar-refractivity contribution in [3.8, 4) is 23.7 Å². The number of nitrogens with zero attached hydrogens (tertiary/aromatic N) is 1. The fourth-order valence-corrected chi connectivity index (χ4v) is 2.67. The largest absolute Gasteiger partial charge is 0.384 e. The molecule has 0 aliphatic carbocycles. The molecule has 0 radical (unpaired) electrons. The molecule has 0 saturated carbocycles. The van der Waals surface area contributed by atoms with Crippen LogP contribution in [0, 0.1) is 23.7 Å². The fourth-order valence-electron chi connectivity index (χ4n) is 2.67. The van der Waals surface area contributed by atoms with Crippen LogP contribution in [0.3, 0.4) is 0 Å². The zero-order valence-electron chi connectivity index (χ0n) is 11.9. The molecular formula is C18H22NO+. The monoisotopic (exact) mass is 268 g/mol. The summed E-state index contributed by atoms with van der Waals surface area (Å²) in [5.74, 6) is 12.4. The van der Waals surface area contributed by atoms with Crippen LogP contribution in [0.2, 0.25) is 0 Å². The molecule has 2 rings (SSSR count). The van der Waals surface area contributed by atoms with Gasteiger partial charge in [0.05, 0.1) is 13.1 Å². The highest BCUT2D eigenvalue weighted by atomic mass is 16.2. The normalized spacial score (nSPS) is 16.4. The average molecular weight is 268 g/mol. The summed E-state index contributed by atoms with van der Waals surface area (Å²) in [4.78, 5) is 0. The summed E-state index contributed by atoms with van der Waals surface area (Å²) >= 11 is 0. The second kappa shape index (κ2) is 7.75. The second-order valence-corrected chi connectivity index (χ2v) is 5.35. The SMILES string of the molecule is OCC#CC[N+]1(CC#Cc2ccccc2)CCCCC1. The number of hydrogen-bond donors (Lipinski definition) is 1. The number of hydrogen-bond acceptors (Lipinski definition) is 1. The minimum absolute atomic E-state index is 0.0459. The number of aliphatic hydroxyl groups is 1. The highest BCUT2D eigenvalue weighted by molar-refractivity contribution is 5.33. The molecule has 0 spiro atoms. The van der Waals surface area contributed by atoms with Crippen molar-refractivity contribution in [2.45, 2.75) is 19.3 Å². The lowest BCUT2D eigenvalue weighted by Crippen LogP contribution is -2.52. The van der Waals surface area contributed by atoms with E-state index < -0.39 is 0 Å². The van der Waals surface area contributed by atoms with E-state index >= 15 is 0 Å². The molecule has 2 heteroatoms. The van der Waals surface area contributed by atoms with Crippen LogP contribution in [0.1, 0.15) is 24.8 Å². The van der Waals surface area contributed by atoms with Crippen molar-refractivity contribution in [2.75, 3.05) is 32.8 Å². The van der Waals surface area contributed by atoms with E-state index in [2.05, 4.69) is 23.7 Å². The van der Waals surface area contributed by atoms with Crippen LogP contribution in [0.25, 0.3) is 0 Å². The molecule has 1 aliphatic heterocycles. The van der Waals surface area contributed by atoms with Gasteiger partial charge in [0.1, 0.15) is 19.7 Å². The molecule has 1 aliphatic rings. The molecule has 1 aromatic carbocycles. The first kappa shape index (κ1) is 14.7. The lowest BCUT2D eigenvalue weighted by Gasteiger charge is -2.38. The van der Waals surface area contributed by atoms with E-state index in [0.717, 1.165) is 36.2 Å². The first-order valence-corrected chi connectivity index (χ1v) is 7.30. The molecule has 2 nitrogen and oxygen atoms in total. The van der Waals surface area contributed by atoms with Crippen molar-refractivity contribution in [3.63, 3.8) is 0 Å². The molecule has 1 aromatic rings. The number of likely N-dealkylation sites (tertiary alicyclic amines) is 1. The maximum atomic E-state index is 8.80. The van der Waals surface area contributed by atoms with E-state index in [-0.39, 0.29) is 6.61 Å². The molecule has 20 heavy (non-hydrogen) atoms. The Hall–Kier alpha value is -1.74. The molecule has 1 heterocycles. The summed E-state index contributed by atoms with van der Waals surface area (Å²) in [5, 5.41) is 8.80. The lowest BCUT2D eigenvalue weighted by molar-refractivity contribution is -0.919. The van der Waals surface area contributed by atoms with Gasteiger partial charge in [-0.2, -0.15) is 0 Å². The topological polar surface area (TPSA) is 20.2 Å². The van der Waals surface area contributed by atoms with Gasteiger partial charge in [0.15, 0.2) is 0 Å². The van der Waals surface area contributed by atoms with Gasteiger partial charge in [-0.25, -0.2) is 0 Å². The predicted molar refractivity (Wildman–Crippen MR) is 81.8 cm³/mol. The molecule has 1 fully saturated rings. The quantitative estimate of drug-likeness (QED) is 0.643. The third-order valence-corrected chi connectivity index (χ3v) is 3.80. The third-order valence-electron chi connectivity index (χ3n) is 3.80. The molecular weight excluding hydrogens is 246 g/mol. The maximum absolute atomic E-state index is 8.80. The van der Waals surface area contributed by atoms with Gasteiger partial charge in [-0.15, -0.1) is 0 Å². The maximum Gasteiger partial charge on any atom is 0.142 e. The fraction of sp³-hybridized carbons (Fsp3) is 0.444. The highest BCUT2D eigenvalue weighted by Crippen LogP contribution is 2.17. The zero-order chi connectivity index (χ0) is 14.1. The summed E-state index contributed by atoms with van der Waals surface area (Å²) in [7, 11) is 0. The Morgan fingerprint density at radius 1 is 0.900 bits per heavy atom. The molecule has 0 amide bonds. The first-order chi connectivity index (χ1) is 9.85. The van der Waals surface area contributed by atoms with Gasteiger partial charge in [0.2, 0.25) is 0 Å². The van der Waals surface area contributed by atoms with Crippen molar-refractivity contribution in [1.29, 1.82) is 0 Å². The summed E-state index contributed by atoms with van der Waals surface area (Å²) in [6.45, 7) is 3.93. The number of piperidine rings is 1. The minimum atomic E-state index is -0.0459. The molecule has 104 valence electrons. The number of aliphatic hydroxyl groups excluding tert-OH is 1. The van der Waals surface area contributed by atoms with E-state index in [1.807, 2.05) is 30.3 Å². The molecule has 0 atom stereocenters. The molecule has 0 bridgehead atoms. The van der Waals surface area contributed by atoms with Gasteiger partial charge in [-0.05, 0) is 43.2 Å². The molecule has 0 unspecified atom stereocenters. The highest BCUT2D eigenvalue weighted by Gasteiger charge is 2.27. The number of rotatable bonds is 2. The Kier molecular flexibility index (Phi) is 5.69. The number of quaternary nitrogens is 1.